The molecule has 81 heavy (non-hydrogen) atoms. The summed E-state index contributed by atoms with van der Waals surface area (Å²) in [6.07, 6.45) is 89.5. The summed E-state index contributed by atoms with van der Waals surface area (Å²) in [4.78, 5) is 24.7. The first-order valence-electron chi connectivity index (χ1n) is 37.1. The minimum absolute atomic E-state index is 0.00713. The molecule has 2 atom stereocenters. The normalized spacial score (nSPS) is 12.6. The molecule has 6 nitrogen and oxygen atoms in total. The van der Waals surface area contributed by atoms with Crippen LogP contribution < -0.4 is 5.32 Å². The molecule has 0 rings (SSSR count). The van der Waals surface area contributed by atoms with E-state index in [0.717, 1.165) is 44.9 Å². The van der Waals surface area contributed by atoms with Gasteiger partial charge in [-0.1, -0.05) is 353 Å². The Hall–Kier alpha value is -1.66. The number of rotatable bonds is 70. The molecule has 0 spiro atoms. The van der Waals surface area contributed by atoms with Crippen molar-refractivity contribution < 1.29 is 24.5 Å². The Morgan fingerprint density at radius 1 is 0.333 bits per heavy atom. The number of carbonyl (C=O) groups is 2. The maximum atomic E-state index is 12.6. The zero-order chi connectivity index (χ0) is 58.5. The molecule has 6 heteroatoms. The first-order valence-corrected chi connectivity index (χ1v) is 37.1. The molecular weight excluding hydrogens is 995 g/mol. The summed E-state index contributed by atoms with van der Waals surface area (Å²) in [5.74, 6) is -0.0314. The van der Waals surface area contributed by atoms with E-state index in [1.54, 1.807) is 0 Å². The molecule has 1 amide bonds. The van der Waals surface area contributed by atoms with Gasteiger partial charge in [0.25, 0.3) is 0 Å². The lowest BCUT2D eigenvalue weighted by Gasteiger charge is -2.22. The Labute approximate surface area is 507 Å². The van der Waals surface area contributed by atoms with Crippen LogP contribution in [-0.4, -0.2) is 47.4 Å². The fourth-order valence-corrected chi connectivity index (χ4v) is 11.8. The monoisotopic (exact) mass is 1140 g/mol. The number of hydrogen-bond acceptors (Lipinski definition) is 5. The van der Waals surface area contributed by atoms with Crippen molar-refractivity contribution in [1.82, 2.24) is 5.32 Å². The Balaban J connectivity index is 3.41. The molecule has 0 aromatic heterocycles. The maximum absolute atomic E-state index is 12.6. The number of aliphatic hydroxyl groups excluding tert-OH is 2. The van der Waals surface area contributed by atoms with Gasteiger partial charge >= 0.3 is 5.97 Å². The SMILES string of the molecule is CCCCCCCC/C=C\CCCCCCCCCCCC(=O)OCCCCCCCCCCC/C=C\CCCCCCCCCC(=O)NC(CO)C(O)CCCCCCCCCCCCCCCCCCCCCCCCCCC. The highest BCUT2D eigenvalue weighted by Crippen LogP contribution is 2.19. The molecule has 0 aromatic carbocycles. The molecule has 0 aromatic rings. The highest BCUT2D eigenvalue weighted by molar-refractivity contribution is 5.76. The van der Waals surface area contributed by atoms with Crippen molar-refractivity contribution in [2.24, 2.45) is 0 Å². The lowest BCUT2D eigenvalue weighted by Crippen LogP contribution is -2.45. The van der Waals surface area contributed by atoms with E-state index in [1.807, 2.05) is 0 Å². The van der Waals surface area contributed by atoms with Gasteiger partial charge in [0, 0.05) is 12.8 Å². The maximum Gasteiger partial charge on any atom is 0.305 e. The van der Waals surface area contributed by atoms with Crippen LogP contribution in [0.4, 0.5) is 0 Å². The van der Waals surface area contributed by atoms with E-state index >= 15 is 0 Å². The topological polar surface area (TPSA) is 95.9 Å². The van der Waals surface area contributed by atoms with Gasteiger partial charge in [0.15, 0.2) is 0 Å². The lowest BCUT2D eigenvalue weighted by molar-refractivity contribution is -0.143. The summed E-state index contributed by atoms with van der Waals surface area (Å²) < 4.78 is 5.51. The molecule has 0 heterocycles. The van der Waals surface area contributed by atoms with Gasteiger partial charge in [-0.2, -0.15) is 0 Å². The Kier molecular flexibility index (Phi) is 69.4. The van der Waals surface area contributed by atoms with Crippen molar-refractivity contribution in [2.75, 3.05) is 13.2 Å². The standard InChI is InChI=1S/C75H145NO5/c1-3-5-7-9-11-13-15-17-19-21-23-24-25-26-27-28-32-35-39-43-47-51-55-59-63-67-73(78)72(71-77)76-74(79)68-64-60-56-52-48-44-40-36-33-29-30-34-38-42-46-50-54-58-62-66-70-81-75(80)69-65-61-57-53-49-45-41-37-31-22-20-18-16-14-12-10-8-6-4-2/h18,20,29,33,72-73,77-78H,3-17,19,21-28,30-32,34-71H2,1-2H3,(H,76,79)/b20-18-,33-29-. The second-order valence-corrected chi connectivity index (χ2v) is 25.6. The molecule has 3 N–H and O–H groups in total. The smallest absolute Gasteiger partial charge is 0.305 e. The highest BCUT2D eigenvalue weighted by Gasteiger charge is 2.20. The van der Waals surface area contributed by atoms with Crippen LogP contribution in [0.5, 0.6) is 0 Å². The van der Waals surface area contributed by atoms with Gasteiger partial charge in [0.2, 0.25) is 5.91 Å². The summed E-state index contributed by atoms with van der Waals surface area (Å²) in [5.41, 5.74) is 0. The number of allylic oxidation sites excluding steroid dienone is 4. The third-order valence-electron chi connectivity index (χ3n) is 17.5. The number of ether oxygens (including phenoxy) is 1. The van der Waals surface area contributed by atoms with Crippen LogP contribution in [0.25, 0.3) is 0 Å². The van der Waals surface area contributed by atoms with E-state index in [2.05, 4.69) is 43.5 Å². The van der Waals surface area contributed by atoms with Crippen molar-refractivity contribution in [3.8, 4) is 0 Å². The third kappa shape index (κ3) is 67.3. The van der Waals surface area contributed by atoms with E-state index in [4.69, 9.17) is 4.74 Å². The molecule has 2 unspecified atom stereocenters. The Bertz CT molecular complexity index is 1270. The van der Waals surface area contributed by atoms with Crippen molar-refractivity contribution in [3.05, 3.63) is 24.3 Å². The number of amides is 1. The van der Waals surface area contributed by atoms with Crippen molar-refractivity contribution >= 4 is 11.9 Å². The predicted octanol–water partition coefficient (Wildman–Crippen LogP) is 24.1. The van der Waals surface area contributed by atoms with E-state index in [1.165, 1.54) is 340 Å². The molecule has 480 valence electrons. The zero-order valence-corrected chi connectivity index (χ0v) is 55.0. The van der Waals surface area contributed by atoms with Gasteiger partial charge in [-0.25, -0.2) is 0 Å². The van der Waals surface area contributed by atoms with Gasteiger partial charge in [-0.15, -0.1) is 0 Å². The van der Waals surface area contributed by atoms with Gasteiger partial charge in [0.05, 0.1) is 25.4 Å². The molecular formula is C75H145NO5. The lowest BCUT2D eigenvalue weighted by atomic mass is 10.0. The van der Waals surface area contributed by atoms with Gasteiger partial charge in [-0.05, 0) is 77.0 Å². The largest absolute Gasteiger partial charge is 0.466 e. The Morgan fingerprint density at radius 3 is 0.877 bits per heavy atom. The number of unbranched alkanes of at least 4 members (excludes halogenated alkanes) is 55. The third-order valence-corrected chi connectivity index (χ3v) is 17.5. The van der Waals surface area contributed by atoms with Crippen molar-refractivity contribution in [2.45, 2.75) is 431 Å². The van der Waals surface area contributed by atoms with E-state index in [0.29, 0.717) is 25.9 Å². The van der Waals surface area contributed by atoms with E-state index < -0.39 is 12.1 Å². The van der Waals surface area contributed by atoms with Crippen LogP contribution in [0.15, 0.2) is 24.3 Å². The number of esters is 1. The van der Waals surface area contributed by atoms with Gasteiger partial charge in [0.1, 0.15) is 0 Å². The van der Waals surface area contributed by atoms with E-state index in [-0.39, 0.29) is 18.5 Å². The number of aliphatic hydroxyl groups is 2. The fraction of sp³-hybridized carbons (Fsp3) is 0.920. The summed E-state index contributed by atoms with van der Waals surface area (Å²) >= 11 is 0. The van der Waals surface area contributed by atoms with Crippen LogP contribution in [0.2, 0.25) is 0 Å². The highest BCUT2D eigenvalue weighted by atomic mass is 16.5. The predicted molar refractivity (Wildman–Crippen MR) is 356 cm³/mol. The summed E-state index contributed by atoms with van der Waals surface area (Å²) in [6, 6.07) is -0.550. The number of carbonyl (C=O) groups excluding carboxylic acids is 2. The Morgan fingerprint density at radius 2 is 0.580 bits per heavy atom. The summed E-state index contributed by atoms with van der Waals surface area (Å²) in [5, 5.41) is 23.5. The second-order valence-electron chi connectivity index (χ2n) is 25.6. The molecule has 0 aliphatic heterocycles. The molecule has 0 bridgehead atoms. The van der Waals surface area contributed by atoms with Crippen molar-refractivity contribution in [3.63, 3.8) is 0 Å². The number of hydrogen-bond donors (Lipinski definition) is 3. The zero-order valence-electron chi connectivity index (χ0n) is 55.0. The second kappa shape index (κ2) is 70.8. The quantitative estimate of drug-likeness (QED) is 0.0320. The average molecular weight is 1140 g/mol. The molecule has 0 aliphatic carbocycles. The van der Waals surface area contributed by atoms with Crippen LogP contribution >= 0.6 is 0 Å². The first-order chi connectivity index (χ1) is 40.0. The molecule has 0 radical (unpaired) electrons. The number of nitrogens with one attached hydrogen (secondary N) is 1. The minimum Gasteiger partial charge on any atom is -0.466 e. The average Bonchev–Trinajstić information content (AvgIpc) is 3.47. The molecule has 0 aliphatic rings. The summed E-state index contributed by atoms with van der Waals surface area (Å²) in [7, 11) is 0. The van der Waals surface area contributed by atoms with E-state index in [9.17, 15) is 19.8 Å². The molecule has 0 fully saturated rings. The van der Waals surface area contributed by atoms with Gasteiger partial charge in [-0.3, -0.25) is 9.59 Å². The van der Waals surface area contributed by atoms with Crippen LogP contribution in [-0.2, 0) is 14.3 Å². The molecule has 0 saturated heterocycles. The van der Waals surface area contributed by atoms with Crippen molar-refractivity contribution in [1.29, 1.82) is 0 Å². The summed E-state index contributed by atoms with van der Waals surface area (Å²) in [6.45, 7) is 4.98. The minimum atomic E-state index is -0.672. The van der Waals surface area contributed by atoms with Crippen LogP contribution in [0, 0.1) is 0 Å². The van der Waals surface area contributed by atoms with Crippen LogP contribution in [0.3, 0.4) is 0 Å². The van der Waals surface area contributed by atoms with Gasteiger partial charge < -0.3 is 20.3 Å². The fourth-order valence-electron chi connectivity index (χ4n) is 11.8. The molecule has 0 saturated carbocycles. The first kappa shape index (κ1) is 79.3. The van der Waals surface area contributed by atoms with Crippen LogP contribution in [0.1, 0.15) is 418 Å².